The first-order valence-electron chi connectivity index (χ1n) is 4.29. The summed E-state index contributed by atoms with van der Waals surface area (Å²) in [6.45, 7) is 6.22. The minimum Gasteiger partial charge on any atom is -0.461 e. The van der Waals surface area contributed by atoms with E-state index in [-0.39, 0.29) is 0 Å². The molecule has 0 amide bonds. The smallest absolute Gasteiger partial charge is 0.354 e. The molecular formula is C9H16N2O2. The predicted molar refractivity (Wildman–Crippen MR) is 51.8 cm³/mol. The predicted octanol–water partition coefficient (Wildman–Crippen LogP) is 1.08. The van der Waals surface area contributed by atoms with Gasteiger partial charge in [-0.25, -0.2) is 4.79 Å². The lowest BCUT2D eigenvalue weighted by Gasteiger charge is -2.07. The summed E-state index contributed by atoms with van der Waals surface area (Å²) in [5.41, 5.74) is 0.667. The third-order valence-corrected chi connectivity index (χ3v) is 1.22. The molecule has 0 aliphatic heterocycles. The number of likely N-dealkylation sites (N-methyl/N-ethyl adjacent to an activating group) is 1. The minimum absolute atomic E-state index is 0.323. The number of esters is 1. The highest BCUT2D eigenvalue weighted by Crippen LogP contribution is 1.94. The van der Waals surface area contributed by atoms with Crippen LogP contribution in [0.25, 0.3) is 0 Å². The summed E-state index contributed by atoms with van der Waals surface area (Å²) in [5.74, 6) is -0.407. The number of nitrogens with one attached hydrogen (secondary N) is 2. The highest BCUT2D eigenvalue weighted by atomic mass is 16.5. The Labute approximate surface area is 78.5 Å². The first kappa shape index (κ1) is 11.7. The molecule has 0 spiro atoms. The van der Waals surface area contributed by atoms with Gasteiger partial charge in [-0.3, -0.25) is 0 Å². The van der Waals surface area contributed by atoms with E-state index in [4.69, 9.17) is 10.1 Å². The number of carbonyl (C=O) groups excluding carboxylic acids is 1. The molecule has 0 aromatic carbocycles. The number of hydrogen-bond donors (Lipinski definition) is 2. The lowest BCUT2D eigenvalue weighted by atomic mass is 10.3. The van der Waals surface area contributed by atoms with Gasteiger partial charge in [0.05, 0.1) is 6.61 Å². The van der Waals surface area contributed by atoms with Gasteiger partial charge < -0.3 is 15.5 Å². The van der Waals surface area contributed by atoms with Crippen LogP contribution in [0, 0.1) is 5.41 Å². The monoisotopic (exact) mass is 184 g/mol. The molecule has 0 radical (unpaired) electrons. The van der Waals surface area contributed by atoms with E-state index in [0.29, 0.717) is 24.6 Å². The topological polar surface area (TPSA) is 62.2 Å². The fourth-order valence-corrected chi connectivity index (χ4v) is 0.798. The molecule has 4 heteroatoms. The van der Waals surface area contributed by atoms with Gasteiger partial charge in [0.25, 0.3) is 0 Å². The summed E-state index contributed by atoms with van der Waals surface area (Å²) in [5, 5.41) is 10.0. The molecular weight excluding hydrogens is 168 g/mol. The first-order valence-corrected chi connectivity index (χ1v) is 4.29. The summed E-state index contributed by atoms with van der Waals surface area (Å²) < 4.78 is 4.79. The lowest BCUT2D eigenvalue weighted by molar-refractivity contribution is -0.138. The average Bonchev–Trinajstić information content (AvgIpc) is 2.03. The van der Waals surface area contributed by atoms with Gasteiger partial charge in [0.1, 0.15) is 5.70 Å². The van der Waals surface area contributed by atoms with Crippen LogP contribution < -0.4 is 5.32 Å². The van der Waals surface area contributed by atoms with Gasteiger partial charge in [-0.05, 0) is 26.8 Å². The van der Waals surface area contributed by atoms with Crippen molar-refractivity contribution in [2.45, 2.75) is 20.8 Å². The van der Waals surface area contributed by atoms with E-state index in [1.54, 1.807) is 13.8 Å². The first-order chi connectivity index (χ1) is 6.11. The van der Waals surface area contributed by atoms with Crippen LogP contribution in [0.5, 0.6) is 0 Å². The molecule has 0 rings (SSSR count). The molecule has 0 aliphatic carbocycles. The Bertz CT molecular complexity index is 222. The Balaban J connectivity index is 4.40. The van der Waals surface area contributed by atoms with E-state index < -0.39 is 5.97 Å². The summed E-state index contributed by atoms with van der Waals surface area (Å²) in [4.78, 5) is 11.2. The molecule has 0 bridgehead atoms. The fourth-order valence-electron chi connectivity index (χ4n) is 0.798. The average molecular weight is 184 g/mol. The zero-order chi connectivity index (χ0) is 10.3. The van der Waals surface area contributed by atoms with E-state index in [1.165, 1.54) is 6.08 Å². The van der Waals surface area contributed by atoms with Crippen LogP contribution >= 0.6 is 0 Å². The maximum atomic E-state index is 11.2. The van der Waals surface area contributed by atoms with Crippen LogP contribution in [-0.4, -0.2) is 24.8 Å². The van der Waals surface area contributed by atoms with Crippen molar-refractivity contribution in [1.82, 2.24) is 5.32 Å². The van der Waals surface area contributed by atoms with Crippen molar-refractivity contribution in [2.75, 3.05) is 13.2 Å². The minimum atomic E-state index is -0.407. The second-order valence-electron chi connectivity index (χ2n) is 2.49. The Hall–Kier alpha value is -1.32. The molecule has 13 heavy (non-hydrogen) atoms. The summed E-state index contributed by atoms with van der Waals surface area (Å²) >= 11 is 0. The van der Waals surface area contributed by atoms with Gasteiger partial charge in [-0.15, -0.1) is 0 Å². The second kappa shape index (κ2) is 6.22. The lowest BCUT2D eigenvalue weighted by Crippen LogP contribution is -2.22. The van der Waals surface area contributed by atoms with Crippen molar-refractivity contribution in [2.24, 2.45) is 0 Å². The molecule has 0 aromatic rings. The zero-order valence-electron chi connectivity index (χ0n) is 8.31. The molecule has 0 saturated carbocycles. The highest BCUT2D eigenvalue weighted by Gasteiger charge is 2.08. The standard InChI is InChI=1S/C9H16N2O2/c1-4-11-8(6-7(3)10)9(12)13-5-2/h6,10-11H,4-5H2,1-3H3/b8-6-,10-7?. The van der Waals surface area contributed by atoms with Crippen LogP contribution in [0.4, 0.5) is 0 Å². The molecule has 0 heterocycles. The van der Waals surface area contributed by atoms with E-state index in [2.05, 4.69) is 5.32 Å². The van der Waals surface area contributed by atoms with Gasteiger partial charge in [0.15, 0.2) is 0 Å². The van der Waals surface area contributed by atoms with E-state index in [9.17, 15) is 4.79 Å². The summed E-state index contributed by atoms with van der Waals surface area (Å²) in [7, 11) is 0. The molecule has 74 valence electrons. The molecule has 2 N–H and O–H groups in total. The van der Waals surface area contributed by atoms with Crippen molar-refractivity contribution in [3.05, 3.63) is 11.8 Å². The number of hydrogen-bond acceptors (Lipinski definition) is 4. The van der Waals surface area contributed by atoms with Crippen LogP contribution in [-0.2, 0) is 9.53 Å². The molecule has 4 nitrogen and oxygen atoms in total. The molecule has 0 aliphatic rings. The fraction of sp³-hybridized carbons (Fsp3) is 0.556. The Morgan fingerprint density at radius 2 is 2.15 bits per heavy atom. The van der Waals surface area contributed by atoms with Gasteiger partial charge in [0.2, 0.25) is 0 Å². The van der Waals surface area contributed by atoms with E-state index >= 15 is 0 Å². The van der Waals surface area contributed by atoms with Crippen molar-refractivity contribution < 1.29 is 9.53 Å². The molecule has 0 saturated heterocycles. The van der Waals surface area contributed by atoms with Gasteiger partial charge >= 0.3 is 5.97 Å². The Kier molecular flexibility index (Phi) is 5.59. The normalized spacial score (nSPS) is 10.8. The van der Waals surface area contributed by atoms with Gasteiger partial charge in [-0.1, -0.05) is 0 Å². The van der Waals surface area contributed by atoms with Crippen LogP contribution in [0.15, 0.2) is 11.8 Å². The third kappa shape index (κ3) is 5.00. The number of rotatable bonds is 5. The van der Waals surface area contributed by atoms with Crippen molar-refractivity contribution in [1.29, 1.82) is 5.41 Å². The van der Waals surface area contributed by atoms with Crippen LogP contribution in [0.1, 0.15) is 20.8 Å². The van der Waals surface area contributed by atoms with Crippen molar-refractivity contribution in [3.63, 3.8) is 0 Å². The molecule has 0 atom stereocenters. The van der Waals surface area contributed by atoms with Gasteiger partial charge in [0, 0.05) is 12.3 Å². The second-order valence-corrected chi connectivity index (χ2v) is 2.49. The molecule has 0 aromatic heterocycles. The number of allylic oxidation sites excluding steroid dienone is 1. The van der Waals surface area contributed by atoms with Gasteiger partial charge in [-0.2, -0.15) is 0 Å². The highest BCUT2D eigenvalue weighted by molar-refractivity contribution is 5.99. The summed E-state index contributed by atoms with van der Waals surface area (Å²) in [6.07, 6.45) is 1.46. The summed E-state index contributed by atoms with van der Waals surface area (Å²) in [6, 6.07) is 0. The Morgan fingerprint density at radius 1 is 1.54 bits per heavy atom. The number of carbonyl (C=O) groups is 1. The third-order valence-electron chi connectivity index (χ3n) is 1.22. The maximum absolute atomic E-state index is 11.2. The van der Waals surface area contributed by atoms with Crippen molar-refractivity contribution in [3.8, 4) is 0 Å². The SMILES string of the molecule is CCN/C(=C\C(C)=N)C(=O)OCC. The quantitative estimate of drug-likeness (QED) is 0.382. The largest absolute Gasteiger partial charge is 0.461 e. The van der Waals surface area contributed by atoms with E-state index in [0.717, 1.165) is 0 Å². The van der Waals surface area contributed by atoms with Crippen molar-refractivity contribution >= 4 is 11.7 Å². The Morgan fingerprint density at radius 3 is 2.54 bits per heavy atom. The number of ether oxygens (including phenoxy) is 1. The molecule has 0 fully saturated rings. The van der Waals surface area contributed by atoms with Crippen LogP contribution in [0.3, 0.4) is 0 Å². The maximum Gasteiger partial charge on any atom is 0.354 e. The van der Waals surface area contributed by atoms with Crippen LogP contribution in [0.2, 0.25) is 0 Å². The zero-order valence-corrected chi connectivity index (χ0v) is 8.31. The molecule has 0 unspecified atom stereocenters. The van der Waals surface area contributed by atoms with E-state index in [1.807, 2.05) is 6.92 Å².